The Morgan fingerprint density at radius 2 is 1.60 bits per heavy atom. The van der Waals surface area contributed by atoms with Gasteiger partial charge in [0.1, 0.15) is 0 Å². The predicted octanol–water partition coefficient (Wildman–Crippen LogP) is 5.56. The smallest absolute Gasteiger partial charge is 0.322 e. The van der Waals surface area contributed by atoms with Gasteiger partial charge < -0.3 is 16.0 Å². The second-order valence-electron chi connectivity index (χ2n) is 6.35. The number of para-hydroxylation sites is 1. The highest BCUT2D eigenvalue weighted by Gasteiger charge is 2.17. The lowest BCUT2D eigenvalue weighted by molar-refractivity contribution is -0.385. The van der Waals surface area contributed by atoms with Crippen LogP contribution in [0.5, 0.6) is 0 Å². The average molecular weight is 469 g/mol. The minimum atomic E-state index is -0.567. The third kappa shape index (κ3) is 5.21. The number of nitrogens with one attached hydrogen (secondary N) is 3. The molecular weight excluding hydrogens is 452 g/mol. The number of anilines is 3. The van der Waals surface area contributed by atoms with Crippen LogP contribution in [0.3, 0.4) is 0 Å². The molecule has 0 aliphatic carbocycles. The van der Waals surface area contributed by atoms with Crippen molar-refractivity contribution in [3.8, 4) is 0 Å². The second kappa shape index (κ2) is 9.19. The Bertz CT molecular complexity index is 1120. The highest BCUT2D eigenvalue weighted by molar-refractivity contribution is 9.10. The Hall–Kier alpha value is -3.72. The summed E-state index contributed by atoms with van der Waals surface area (Å²) in [7, 11) is 0. The number of amides is 3. The van der Waals surface area contributed by atoms with Gasteiger partial charge in [0.15, 0.2) is 0 Å². The van der Waals surface area contributed by atoms with Crippen LogP contribution in [0.4, 0.5) is 27.5 Å². The van der Waals surface area contributed by atoms with E-state index in [0.717, 1.165) is 5.56 Å². The summed E-state index contributed by atoms with van der Waals surface area (Å²) in [5, 5.41) is 19.2. The lowest BCUT2D eigenvalue weighted by Crippen LogP contribution is -2.19. The molecule has 0 bridgehead atoms. The highest BCUT2D eigenvalue weighted by Crippen LogP contribution is 2.27. The number of nitro groups is 1. The molecule has 0 aromatic heterocycles. The fourth-order valence-corrected chi connectivity index (χ4v) is 3.03. The molecule has 3 aromatic carbocycles. The minimum absolute atomic E-state index is 0.143. The maximum atomic E-state index is 12.6. The zero-order valence-electron chi connectivity index (χ0n) is 15.8. The fourth-order valence-electron chi connectivity index (χ4n) is 2.64. The third-order valence-electron chi connectivity index (χ3n) is 4.18. The molecule has 0 fully saturated rings. The van der Waals surface area contributed by atoms with Crippen molar-refractivity contribution in [3.05, 3.63) is 92.4 Å². The van der Waals surface area contributed by atoms with E-state index in [1.54, 1.807) is 37.3 Å². The molecule has 30 heavy (non-hydrogen) atoms. The summed E-state index contributed by atoms with van der Waals surface area (Å²) in [6.07, 6.45) is 0. The number of hydrogen-bond donors (Lipinski definition) is 3. The molecule has 8 nitrogen and oxygen atoms in total. The van der Waals surface area contributed by atoms with Gasteiger partial charge in [-0.05, 0) is 64.8 Å². The number of halogens is 1. The number of carbonyl (C=O) groups is 2. The maximum absolute atomic E-state index is 12.6. The Morgan fingerprint density at radius 3 is 2.30 bits per heavy atom. The van der Waals surface area contributed by atoms with Crippen LogP contribution in [0.25, 0.3) is 0 Å². The van der Waals surface area contributed by atoms with Crippen molar-refractivity contribution in [3.63, 3.8) is 0 Å². The molecule has 3 rings (SSSR count). The largest absolute Gasteiger partial charge is 0.323 e. The Morgan fingerprint density at radius 1 is 0.900 bits per heavy atom. The third-order valence-corrected chi connectivity index (χ3v) is 4.85. The normalized spacial score (nSPS) is 10.2. The van der Waals surface area contributed by atoms with Crippen molar-refractivity contribution in [2.75, 3.05) is 16.0 Å². The van der Waals surface area contributed by atoms with E-state index in [1.165, 1.54) is 18.2 Å². The first-order chi connectivity index (χ1) is 14.3. The molecule has 3 aromatic rings. The molecule has 152 valence electrons. The van der Waals surface area contributed by atoms with Gasteiger partial charge in [-0.25, -0.2) is 4.79 Å². The van der Waals surface area contributed by atoms with E-state index < -0.39 is 16.9 Å². The van der Waals surface area contributed by atoms with E-state index in [0.29, 0.717) is 17.1 Å². The molecule has 0 saturated carbocycles. The summed E-state index contributed by atoms with van der Waals surface area (Å²) in [4.78, 5) is 35.3. The van der Waals surface area contributed by atoms with E-state index in [4.69, 9.17) is 0 Å². The van der Waals surface area contributed by atoms with Gasteiger partial charge in [-0.1, -0.05) is 24.3 Å². The van der Waals surface area contributed by atoms with Gasteiger partial charge in [-0.15, -0.1) is 0 Å². The molecule has 0 heterocycles. The van der Waals surface area contributed by atoms with Gasteiger partial charge in [-0.3, -0.25) is 14.9 Å². The Kier molecular flexibility index (Phi) is 6.43. The molecule has 3 N–H and O–H groups in total. The summed E-state index contributed by atoms with van der Waals surface area (Å²) >= 11 is 3.10. The van der Waals surface area contributed by atoms with Crippen LogP contribution >= 0.6 is 15.9 Å². The van der Waals surface area contributed by atoms with E-state index in [-0.39, 0.29) is 15.7 Å². The van der Waals surface area contributed by atoms with Crippen molar-refractivity contribution in [1.29, 1.82) is 0 Å². The zero-order chi connectivity index (χ0) is 21.7. The number of urea groups is 1. The highest BCUT2D eigenvalue weighted by atomic mass is 79.9. The monoisotopic (exact) mass is 468 g/mol. The van der Waals surface area contributed by atoms with Crippen molar-refractivity contribution >= 4 is 50.6 Å². The van der Waals surface area contributed by atoms with E-state index in [1.807, 2.05) is 18.2 Å². The first kappa shape index (κ1) is 21.0. The average Bonchev–Trinajstić information content (AvgIpc) is 2.71. The molecule has 0 radical (unpaired) electrons. The predicted molar refractivity (Wildman–Crippen MR) is 119 cm³/mol. The van der Waals surface area contributed by atoms with Crippen LogP contribution in [0.2, 0.25) is 0 Å². The number of hydrogen-bond acceptors (Lipinski definition) is 4. The van der Waals surface area contributed by atoms with Crippen LogP contribution in [0.15, 0.2) is 71.2 Å². The zero-order valence-corrected chi connectivity index (χ0v) is 17.4. The summed E-state index contributed by atoms with van der Waals surface area (Å²) in [5.74, 6) is -0.500. The topological polar surface area (TPSA) is 113 Å². The Balaban J connectivity index is 1.74. The van der Waals surface area contributed by atoms with Crippen molar-refractivity contribution in [2.24, 2.45) is 0 Å². The summed E-state index contributed by atoms with van der Waals surface area (Å²) < 4.78 is 0.288. The molecule has 0 unspecified atom stereocenters. The van der Waals surface area contributed by atoms with Gasteiger partial charge in [0.05, 0.1) is 9.40 Å². The van der Waals surface area contributed by atoms with Crippen LogP contribution < -0.4 is 16.0 Å². The van der Waals surface area contributed by atoms with Crippen LogP contribution in [-0.2, 0) is 0 Å². The van der Waals surface area contributed by atoms with Gasteiger partial charge in [0.2, 0.25) is 0 Å². The van der Waals surface area contributed by atoms with Crippen LogP contribution in [0.1, 0.15) is 15.9 Å². The molecule has 0 saturated heterocycles. The summed E-state index contributed by atoms with van der Waals surface area (Å²) in [6.45, 7) is 1.80. The first-order valence-electron chi connectivity index (χ1n) is 8.82. The number of rotatable bonds is 5. The van der Waals surface area contributed by atoms with Crippen molar-refractivity contribution in [1.82, 2.24) is 0 Å². The fraction of sp³-hybridized carbons (Fsp3) is 0.0476. The molecule has 0 aliphatic rings. The van der Waals surface area contributed by atoms with Gasteiger partial charge in [-0.2, -0.15) is 0 Å². The van der Waals surface area contributed by atoms with Crippen LogP contribution in [0, 0.1) is 17.0 Å². The van der Waals surface area contributed by atoms with Crippen molar-refractivity contribution < 1.29 is 14.5 Å². The van der Waals surface area contributed by atoms with E-state index in [9.17, 15) is 19.7 Å². The van der Waals surface area contributed by atoms with Crippen molar-refractivity contribution in [2.45, 2.75) is 6.92 Å². The van der Waals surface area contributed by atoms with Crippen LogP contribution in [-0.4, -0.2) is 16.9 Å². The second-order valence-corrected chi connectivity index (χ2v) is 7.21. The SMILES string of the molecule is Cc1ccc(NC(=O)Nc2ccccc2)cc1NC(=O)c1ccc(Br)c([N+](=O)[O-])c1. The van der Waals surface area contributed by atoms with Gasteiger partial charge in [0.25, 0.3) is 11.6 Å². The molecule has 3 amide bonds. The van der Waals surface area contributed by atoms with Gasteiger partial charge >= 0.3 is 6.03 Å². The first-order valence-corrected chi connectivity index (χ1v) is 9.62. The summed E-state index contributed by atoms with van der Waals surface area (Å²) in [6, 6.07) is 17.8. The molecule has 0 spiro atoms. The quantitative estimate of drug-likeness (QED) is 0.335. The lowest BCUT2D eigenvalue weighted by Gasteiger charge is -2.12. The number of benzene rings is 3. The number of nitrogens with zero attached hydrogens (tertiary/aromatic N) is 1. The van der Waals surface area contributed by atoms with E-state index in [2.05, 4.69) is 31.9 Å². The number of carbonyl (C=O) groups excluding carboxylic acids is 2. The number of nitro benzene ring substituents is 1. The molecule has 0 aliphatic heterocycles. The molecule has 9 heteroatoms. The van der Waals surface area contributed by atoms with Gasteiger partial charge in [0, 0.05) is 28.7 Å². The molecular formula is C21H17BrN4O4. The Labute approximate surface area is 180 Å². The maximum Gasteiger partial charge on any atom is 0.323 e. The standard InChI is InChI=1S/C21H17BrN4O4/c1-13-7-9-16(24-21(28)23-15-5-3-2-4-6-15)12-18(13)25-20(27)14-8-10-17(22)19(11-14)26(29)30/h2-12H,1H3,(H,25,27)(H2,23,24,28). The summed E-state index contributed by atoms with van der Waals surface area (Å²) in [5.41, 5.74) is 2.31. The molecule has 0 atom stereocenters. The van der Waals surface area contributed by atoms with E-state index >= 15 is 0 Å². The lowest BCUT2D eigenvalue weighted by atomic mass is 10.1. The minimum Gasteiger partial charge on any atom is -0.322 e. The number of aryl methyl sites for hydroxylation is 1.